The van der Waals surface area contributed by atoms with E-state index in [1.54, 1.807) is 6.08 Å². The maximum absolute atomic E-state index is 13.9. The lowest BCUT2D eigenvalue weighted by Gasteiger charge is -2.19. The molecule has 0 aromatic heterocycles. The number of carboxylic acids is 1. The van der Waals surface area contributed by atoms with Gasteiger partial charge in [0.05, 0.1) is 12.2 Å². The van der Waals surface area contributed by atoms with Crippen molar-refractivity contribution in [2.45, 2.75) is 96.1 Å². The average Bonchev–Trinajstić information content (AvgIpc) is 3.10. The fraction of sp³-hybridized carbons (Fsp3) is 0.857. The molecule has 1 saturated carbocycles. The van der Waals surface area contributed by atoms with Crippen molar-refractivity contribution in [2.75, 3.05) is 0 Å². The summed E-state index contributed by atoms with van der Waals surface area (Å²) in [7, 11) is 0. The molecule has 0 bridgehead atoms. The standard InChI is InChI=1S/C21H35FO4/c1-3-4-8-18(22)19(23)11-10-16-14(2)12-20-17(16)13-15(26-20)7-5-6-9-21(24)25/h10-11,14-20,23H,3-9,12-13H2,1-2H3,(H,24,25)/t14-,15+,16-,17-,18-,19-,20+/m1/s1. The third-order valence-corrected chi connectivity index (χ3v) is 6.04. The van der Waals surface area contributed by atoms with Gasteiger partial charge < -0.3 is 14.9 Å². The van der Waals surface area contributed by atoms with E-state index in [0.29, 0.717) is 30.6 Å². The smallest absolute Gasteiger partial charge is 0.303 e. The molecule has 4 nitrogen and oxygen atoms in total. The number of alkyl halides is 1. The van der Waals surface area contributed by atoms with Crippen LogP contribution in [0.5, 0.6) is 0 Å². The van der Waals surface area contributed by atoms with E-state index in [9.17, 15) is 14.3 Å². The molecule has 2 fully saturated rings. The molecule has 1 aliphatic carbocycles. The molecular weight excluding hydrogens is 335 g/mol. The predicted octanol–water partition coefficient (Wildman–Crippen LogP) is 4.51. The van der Waals surface area contributed by atoms with Crippen LogP contribution in [-0.2, 0) is 9.53 Å². The molecule has 26 heavy (non-hydrogen) atoms. The quantitative estimate of drug-likeness (QED) is 0.415. The molecule has 7 atom stereocenters. The van der Waals surface area contributed by atoms with Crippen molar-refractivity contribution in [1.29, 1.82) is 0 Å². The first-order valence-electron chi connectivity index (χ1n) is 10.3. The van der Waals surface area contributed by atoms with E-state index in [4.69, 9.17) is 9.84 Å². The van der Waals surface area contributed by atoms with E-state index >= 15 is 0 Å². The van der Waals surface area contributed by atoms with E-state index in [0.717, 1.165) is 38.5 Å². The van der Waals surface area contributed by atoms with Gasteiger partial charge in [-0.2, -0.15) is 0 Å². The molecule has 0 spiro atoms. The Morgan fingerprint density at radius 3 is 2.77 bits per heavy atom. The number of allylic oxidation sites excluding steroid dienone is 1. The number of halogens is 1. The highest BCUT2D eigenvalue weighted by molar-refractivity contribution is 5.66. The molecule has 5 heteroatoms. The lowest BCUT2D eigenvalue weighted by Crippen LogP contribution is -2.20. The number of ether oxygens (including phenoxy) is 1. The Hall–Kier alpha value is -0.940. The minimum Gasteiger partial charge on any atom is -0.481 e. The molecular formula is C21H35FO4. The van der Waals surface area contributed by atoms with Crippen molar-refractivity contribution in [3.05, 3.63) is 12.2 Å². The summed E-state index contributed by atoms with van der Waals surface area (Å²) in [5, 5.41) is 18.7. The number of unbranched alkanes of at least 4 members (excludes halogenated alkanes) is 2. The van der Waals surface area contributed by atoms with E-state index in [1.165, 1.54) is 0 Å². The molecule has 1 saturated heterocycles. The largest absolute Gasteiger partial charge is 0.481 e. The van der Waals surface area contributed by atoms with Gasteiger partial charge in [0.15, 0.2) is 0 Å². The number of carboxylic acid groups (broad SMARTS) is 1. The Balaban J connectivity index is 1.80. The third kappa shape index (κ3) is 6.05. The number of aliphatic carboxylic acids is 1. The highest BCUT2D eigenvalue weighted by Gasteiger charge is 2.46. The third-order valence-electron chi connectivity index (χ3n) is 6.04. The lowest BCUT2D eigenvalue weighted by atomic mass is 9.86. The monoisotopic (exact) mass is 370 g/mol. The number of hydrogen-bond acceptors (Lipinski definition) is 3. The maximum atomic E-state index is 13.9. The number of hydrogen-bond donors (Lipinski definition) is 2. The first-order valence-corrected chi connectivity index (χ1v) is 10.3. The molecule has 0 amide bonds. The number of rotatable bonds is 11. The molecule has 0 aromatic carbocycles. The normalized spacial score (nSPS) is 33.5. The van der Waals surface area contributed by atoms with Crippen LogP contribution in [-0.4, -0.2) is 40.7 Å². The second-order valence-electron chi connectivity index (χ2n) is 8.16. The second-order valence-corrected chi connectivity index (χ2v) is 8.16. The second kappa shape index (κ2) is 10.4. The van der Waals surface area contributed by atoms with Crippen molar-refractivity contribution in [1.82, 2.24) is 0 Å². The number of carbonyl (C=O) groups is 1. The van der Waals surface area contributed by atoms with Crippen molar-refractivity contribution >= 4 is 5.97 Å². The SMILES string of the molecule is CCCC[C@@H](F)[C@H](O)C=C[C@H]1[C@H]2C[C@H](CCCCC(=O)O)O[C@H]2C[C@H]1C. The minimum atomic E-state index is -1.18. The highest BCUT2D eigenvalue weighted by atomic mass is 19.1. The van der Waals surface area contributed by atoms with Crippen LogP contribution in [0.4, 0.5) is 4.39 Å². The summed E-state index contributed by atoms with van der Waals surface area (Å²) in [6, 6.07) is 0. The molecule has 1 heterocycles. The Labute approximate surface area is 156 Å². The van der Waals surface area contributed by atoms with Crippen molar-refractivity contribution in [3.63, 3.8) is 0 Å². The summed E-state index contributed by atoms with van der Waals surface area (Å²) >= 11 is 0. The van der Waals surface area contributed by atoms with E-state index in [2.05, 4.69) is 6.92 Å². The molecule has 1 aliphatic heterocycles. The Morgan fingerprint density at radius 1 is 1.31 bits per heavy atom. The molecule has 0 aromatic rings. The molecule has 0 unspecified atom stereocenters. The summed E-state index contributed by atoms with van der Waals surface area (Å²) < 4.78 is 20.1. The van der Waals surface area contributed by atoms with E-state index < -0.39 is 18.2 Å². The van der Waals surface area contributed by atoms with Gasteiger partial charge in [0.2, 0.25) is 0 Å². The van der Waals surface area contributed by atoms with Crippen LogP contribution in [0.25, 0.3) is 0 Å². The summed E-state index contributed by atoms with van der Waals surface area (Å²) in [4.78, 5) is 10.6. The van der Waals surface area contributed by atoms with E-state index in [-0.39, 0.29) is 18.6 Å². The first-order chi connectivity index (χ1) is 12.4. The van der Waals surface area contributed by atoms with Crippen molar-refractivity contribution in [2.24, 2.45) is 17.8 Å². The molecule has 0 radical (unpaired) electrons. The van der Waals surface area contributed by atoms with Crippen molar-refractivity contribution in [3.8, 4) is 0 Å². The minimum absolute atomic E-state index is 0.214. The predicted molar refractivity (Wildman–Crippen MR) is 99.7 cm³/mol. The fourth-order valence-corrected chi connectivity index (χ4v) is 4.54. The number of aliphatic hydroxyl groups is 1. The van der Waals surface area contributed by atoms with Gasteiger partial charge in [0.25, 0.3) is 0 Å². The zero-order valence-corrected chi connectivity index (χ0v) is 16.1. The summed E-state index contributed by atoms with van der Waals surface area (Å²) in [5.41, 5.74) is 0. The summed E-state index contributed by atoms with van der Waals surface area (Å²) in [5.74, 6) is 0.510. The van der Waals surface area contributed by atoms with Crippen molar-refractivity contribution < 1.29 is 24.1 Å². The summed E-state index contributed by atoms with van der Waals surface area (Å²) in [6.07, 6.45) is 8.82. The average molecular weight is 371 g/mol. The van der Waals surface area contributed by atoms with Crippen LogP contribution in [0.15, 0.2) is 12.2 Å². The van der Waals surface area contributed by atoms with Crippen LogP contribution in [0.3, 0.4) is 0 Å². The van der Waals surface area contributed by atoms with Gasteiger partial charge in [0.1, 0.15) is 12.3 Å². The van der Waals surface area contributed by atoms with Crippen LogP contribution in [0.2, 0.25) is 0 Å². The molecule has 2 N–H and O–H groups in total. The van der Waals surface area contributed by atoms with Gasteiger partial charge in [0, 0.05) is 6.42 Å². The fourth-order valence-electron chi connectivity index (χ4n) is 4.54. The molecule has 150 valence electrons. The van der Waals surface area contributed by atoms with Crippen LogP contribution >= 0.6 is 0 Å². The highest BCUT2D eigenvalue weighted by Crippen LogP contribution is 2.47. The Morgan fingerprint density at radius 2 is 2.08 bits per heavy atom. The molecule has 2 rings (SSSR count). The van der Waals surface area contributed by atoms with Crippen LogP contribution in [0, 0.1) is 17.8 Å². The van der Waals surface area contributed by atoms with E-state index in [1.807, 2.05) is 13.0 Å². The first kappa shape index (κ1) is 21.4. The summed E-state index contributed by atoms with van der Waals surface area (Å²) in [6.45, 7) is 4.22. The van der Waals surface area contributed by atoms with Crippen LogP contribution in [0.1, 0.15) is 71.6 Å². The molecule has 2 aliphatic rings. The van der Waals surface area contributed by atoms with Gasteiger partial charge in [-0.25, -0.2) is 4.39 Å². The van der Waals surface area contributed by atoms with Gasteiger partial charge in [-0.15, -0.1) is 0 Å². The Kier molecular flexibility index (Phi) is 8.55. The topological polar surface area (TPSA) is 66.8 Å². The number of fused-ring (bicyclic) bond motifs is 1. The maximum Gasteiger partial charge on any atom is 0.303 e. The van der Waals surface area contributed by atoms with Crippen LogP contribution < -0.4 is 0 Å². The number of aliphatic hydroxyl groups excluding tert-OH is 1. The zero-order chi connectivity index (χ0) is 19.1. The zero-order valence-electron chi connectivity index (χ0n) is 16.1. The Bertz CT molecular complexity index is 467. The van der Waals surface area contributed by atoms with Gasteiger partial charge in [-0.05, 0) is 49.9 Å². The van der Waals surface area contributed by atoms with Gasteiger partial charge >= 0.3 is 5.97 Å². The van der Waals surface area contributed by atoms with Gasteiger partial charge in [-0.1, -0.05) is 45.3 Å². The van der Waals surface area contributed by atoms with Gasteiger partial charge in [-0.3, -0.25) is 4.79 Å². The lowest BCUT2D eigenvalue weighted by molar-refractivity contribution is -0.137.